The Morgan fingerprint density at radius 2 is 2.16 bits per heavy atom. The number of benzene rings is 1. The van der Waals surface area contributed by atoms with Gasteiger partial charge in [-0.05, 0) is 18.2 Å². The van der Waals surface area contributed by atoms with Crippen LogP contribution in [0.2, 0.25) is 5.02 Å². The second kappa shape index (κ2) is 5.11. The van der Waals surface area contributed by atoms with Crippen molar-refractivity contribution in [3.05, 3.63) is 39.5 Å². The minimum Gasteiger partial charge on any atom is -0.485 e. The van der Waals surface area contributed by atoms with Crippen molar-refractivity contribution in [3.8, 4) is 11.5 Å². The Morgan fingerprint density at radius 3 is 3.00 bits per heavy atom. The predicted octanol–water partition coefficient (Wildman–Crippen LogP) is 3.43. The van der Waals surface area contributed by atoms with E-state index in [4.69, 9.17) is 21.1 Å². The number of ether oxygens (including phenoxy) is 2. The maximum atomic E-state index is 12.2. The smallest absolute Gasteiger partial charge is 0.269 e. The molecule has 3 rings (SSSR count). The largest absolute Gasteiger partial charge is 0.485 e. The van der Waals surface area contributed by atoms with Gasteiger partial charge in [-0.15, -0.1) is 11.3 Å². The summed E-state index contributed by atoms with van der Waals surface area (Å²) in [6, 6.07) is 7.00. The predicted molar refractivity (Wildman–Crippen MR) is 74.7 cm³/mol. The van der Waals surface area contributed by atoms with Gasteiger partial charge in [0.1, 0.15) is 18.1 Å². The average Bonchev–Trinajstić information content (AvgIpc) is 2.82. The van der Waals surface area contributed by atoms with Crippen LogP contribution in [0.5, 0.6) is 11.5 Å². The zero-order valence-corrected chi connectivity index (χ0v) is 11.4. The summed E-state index contributed by atoms with van der Waals surface area (Å²) in [5, 5.41) is 5.14. The van der Waals surface area contributed by atoms with Crippen LogP contribution in [0.3, 0.4) is 0 Å². The highest BCUT2D eigenvalue weighted by molar-refractivity contribution is 7.13. The molecule has 0 unspecified atom stereocenters. The van der Waals surface area contributed by atoms with E-state index >= 15 is 0 Å². The standard InChI is InChI=1S/C13H10ClNO3S/c14-8-2-1-3-9(6-8)15-13(16)12-11-10(7-19-12)17-4-5-18-11/h1-3,6-7H,4-5H2,(H,15,16). The monoisotopic (exact) mass is 295 g/mol. The van der Waals surface area contributed by atoms with E-state index in [-0.39, 0.29) is 5.91 Å². The SMILES string of the molecule is O=C(Nc1cccc(Cl)c1)c1scc2c1OCCO2. The number of rotatable bonds is 2. The van der Waals surface area contributed by atoms with Gasteiger partial charge in [-0.25, -0.2) is 0 Å². The molecule has 19 heavy (non-hydrogen) atoms. The highest BCUT2D eigenvalue weighted by Gasteiger charge is 2.23. The first-order chi connectivity index (χ1) is 9.24. The van der Waals surface area contributed by atoms with Crippen LogP contribution in [0.4, 0.5) is 5.69 Å². The second-order valence-corrected chi connectivity index (χ2v) is 5.24. The van der Waals surface area contributed by atoms with Crippen LogP contribution in [0.1, 0.15) is 9.67 Å². The number of carbonyl (C=O) groups excluding carboxylic acids is 1. The zero-order chi connectivity index (χ0) is 13.2. The molecule has 4 nitrogen and oxygen atoms in total. The van der Waals surface area contributed by atoms with Crippen molar-refractivity contribution in [2.45, 2.75) is 0 Å². The Morgan fingerprint density at radius 1 is 1.32 bits per heavy atom. The van der Waals surface area contributed by atoms with Crippen LogP contribution < -0.4 is 14.8 Å². The molecule has 0 saturated carbocycles. The molecule has 0 spiro atoms. The molecule has 2 aromatic rings. The molecule has 1 aliphatic rings. The van der Waals surface area contributed by atoms with E-state index in [1.165, 1.54) is 11.3 Å². The third kappa shape index (κ3) is 2.52. The summed E-state index contributed by atoms with van der Waals surface area (Å²) < 4.78 is 10.9. The van der Waals surface area contributed by atoms with Gasteiger partial charge in [0, 0.05) is 16.1 Å². The quantitative estimate of drug-likeness (QED) is 0.923. The number of halogens is 1. The van der Waals surface area contributed by atoms with Crippen molar-refractivity contribution in [1.29, 1.82) is 0 Å². The second-order valence-electron chi connectivity index (χ2n) is 3.92. The lowest BCUT2D eigenvalue weighted by molar-refractivity contribution is 0.102. The first-order valence-electron chi connectivity index (χ1n) is 5.68. The van der Waals surface area contributed by atoms with Gasteiger partial charge in [0.15, 0.2) is 11.5 Å². The minimum absolute atomic E-state index is 0.223. The van der Waals surface area contributed by atoms with Gasteiger partial charge in [0.05, 0.1) is 0 Å². The normalized spacial score (nSPS) is 13.1. The lowest BCUT2D eigenvalue weighted by Gasteiger charge is -2.15. The number of anilines is 1. The average molecular weight is 296 g/mol. The molecule has 1 aromatic heterocycles. The fraction of sp³-hybridized carbons (Fsp3) is 0.154. The van der Waals surface area contributed by atoms with Crippen LogP contribution >= 0.6 is 22.9 Å². The molecule has 0 fully saturated rings. The molecular weight excluding hydrogens is 286 g/mol. The van der Waals surface area contributed by atoms with E-state index in [9.17, 15) is 4.79 Å². The molecule has 1 aliphatic heterocycles. The molecule has 0 aliphatic carbocycles. The fourth-order valence-corrected chi connectivity index (χ4v) is 2.79. The van der Waals surface area contributed by atoms with E-state index in [1.807, 2.05) is 0 Å². The van der Waals surface area contributed by atoms with Gasteiger partial charge in [0.2, 0.25) is 0 Å². The Bertz CT molecular complexity index is 626. The summed E-state index contributed by atoms with van der Waals surface area (Å²) in [5.41, 5.74) is 0.649. The molecule has 1 aromatic carbocycles. The highest BCUT2D eigenvalue weighted by Crippen LogP contribution is 2.39. The van der Waals surface area contributed by atoms with Gasteiger partial charge in [-0.1, -0.05) is 17.7 Å². The van der Waals surface area contributed by atoms with Crippen molar-refractivity contribution < 1.29 is 14.3 Å². The first kappa shape index (κ1) is 12.3. The van der Waals surface area contributed by atoms with E-state index in [2.05, 4.69) is 5.32 Å². The third-order valence-electron chi connectivity index (χ3n) is 2.59. The Labute approximate surface area is 118 Å². The number of carbonyl (C=O) groups is 1. The molecule has 98 valence electrons. The maximum Gasteiger partial charge on any atom is 0.269 e. The number of nitrogens with one attached hydrogen (secondary N) is 1. The van der Waals surface area contributed by atoms with Crippen molar-refractivity contribution >= 4 is 34.5 Å². The van der Waals surface area contributed by atoms with Crippen LogP contribution in [-0.4, -0.2) is 19.1 Å². The van der Waals surface area contributed by atoms with Gasteiger partial charge in [-0.2, -0.15) is 0 Å². The molecule has 2 heterocycles. The summed E-state index contributed by atoms with van der Waals surface area (Å²) in [5.74, 6) is 0.933. The van der Waals surface area contributed by atoms with Crippen molar-refractivity contribution in [1.82, 2.24) is 0 Å². The van der Waals surface area contributed by atoms with Gasteiger partial charge < -0.3 is 14.8 Å². The van der Waals surface area contributed by atoms with Gasteiger partial charge in [-0.3, -0.25) is 4.79 Å². The summed E-state index contributed by atoms with van der Waals surface area (Å²) in [4.78, 5) is 12.7. The number of fused-ring (bicyclic) bond motifs is 1. The lowest BCUT2D eigenvalue weighted by atomic mass is 10.3. The molecule has 6 heteroatoms. The first-order valence-corrected chi connectivity index (χ1v) is 6.94. The van der Waals surface area contributed by atoms with Gasteiger partial charge in [0.25, 0.3) is 5.91 Å². The molecule has 0 atom stereocenters. The summed E-state index contributed by atoms with van der Waals surface area (Å²) in [6.45, 7) is 0.972. The molecule has 1 N–H and O–H groups in total. The highest BCUT2D eigenvalue weighted by atomic mass is 35.5. The molecule has 0 bridgehead atoms. The Balaban J connectivity index is 1.83. The Kier molecular flexibility index (Phi) is 3.31. The molecule has 1 amide bonds. The Hall–Kier alpha value is -1.72. The van der Waals surface area contributed by atoms with E-state index < -0.39 is 0 Å². The topological polar surface area (TPSA) is 47.6 Å². The number of amides is 1. The minimum atomic E-state index is -0.223. The fourth-order valence-electron chi connectivity index (χ4n) is 1.77. The number of hydrogen-bond donors (Lipinski definition) is 1. The third-order valence-corrected chi connectivity index (χ3v) is 3.76. The number of hydrogen-bond acceptors (Lipinski definition) is 4. The van der Waals surface area contributed by atoms with Crippen molar-refractivity contribution in [3.63, 3.8) is 0 Å². The van der Waals surface area contributed by atoms with Gasteiger partial charge >= 0.3 is 0 Å². The van der Waals surface area contributed by atoms with Crippen LogP contribution in [0, 0.1) is 0 Å². The van der Waals surface area contributed by atoms with E-state index in [0.717, 1.165) is 0 Å². The van der Waals surface area contributed by atoms with E-state index in [0.29, 0.717) is 40.3 Å². The molecule has 0 radical (unpaired) electrons. The molecular formula is C13H10ClNO3S. The summed E-state index contributed by atoms with van der Waals surface area (Å²) in [6.07, 6.45) is 0. The van der Waals surface area contributed by atoms with Crippen LogP contribution in [-0.2, 0) is 0 Å². The summed E-state index contributed by atoms with van der Waals surface area (Å²) in [7, 11) is 0. The van der Waals surface area contributed by atoms with Crippen LogP contribution in [0.15, 0.2) is 29.6 Å². The number of thiophene rings is 1. The summed E-state index contributed by atoms with van der Waals surface area (Å²) >= 11 is 7.18. The van der Waals surface area contributed by atoms with Crippen molar-refractivity contribution in [2.75, 3.05) is 18.5 Å². The lowest BCUT2D eigenvalue weighted by Crippen LogP contribution is -2.17. The van der Waals surface area contributed by atoms with Crippen LogP contribution in [0.25, 0.3) is 0 Å². The zero-order valence-electron chi connectivity index (χ0n) is 9.81. The maximum absolute atomic E-state index is 12.2. The molecule has 0 saturated heterocycles. The van der Waals surface area contributed by atoms with E-state index in [1.54, 1.807) is 29.6 Å². The van der Waals surface area contributed by atoms with Crippen molar-refractivity contribution in [2.24, 2.45) is 0 Å².